The van der Waals surface area contributed by atoms with Crippen molar-refractivity contribution in [2.24, 2.45) is 0 Å². The van der Waals surface area contributed by atoms with Crippen LogP contribution in [0.15, 0.2) is 18.2 Å². The van der Waals surface area contributed by atoms with Gasteiger partial charge in [-0.1, -0.05) is 0 Å². The lowest BCUT2D eigenvalue weighted by atomic mass is 9.80. The maximum atomic E-state index is 12.8. The minimum absolute atomic E-state index is 0.0611. The number of anilines is 1. The van der Waals surface area contributed by atoms with Crippen LogP contribution in [0.3, 0.4) is 0 Å². The van der Waals surface area contributed by atoms with E-state index in [1.165, 1.54) is 0 Å². The van der Waals surface area contributed by atoms with Crippen LogP contribution in [0, 0.1) is 0 Å². The molecular formula is C18H22N2O6. The first-order valence-corrected chi connectivity index (χ1v) is 8.85. The van der Waals surface area contributed by atoms with Crippen molar-refractivity contribution in [3.63, 3.8) is 0 Å². The molecule has 140 valence electrons. The molecule has 0 aliphatic carbocycles. The number of nitrogens with one attached hydrogen (secondary N) is 1. The van der Waals surface area contributed by atoms with Gasteiger partial charge < -0.3 is 29.9 Å². The summed E-state index contributed by atoms with van der Waals surface area (Å²) in [6.45, 7) is 1.24. The lowest BCUT2D eigenvalue weighted by molar-refractivity contribution is -0.212. The Morgan fingerprint density at radius 2 is 2.04 bits per heavy atom. The van der Waals surface area contributed by atoms with Gasteiger partial charge in [-0.15, -0.1) is 0 Å². The molecule has 2 amide bonds. The molecule has 0 saturated carbocycles. The Bertz CT molecular complexity index is 728. The number of hydrogen-bond acceptors (Lipinski definition) is 6. The Morgan fingerprint density at radius 1 is 1.27 bits per heavy atom. The third-order valence-electron chi connectivity index (χ3n) is 5.47. The van der Waals surface area contributed by atoms with Crippen molar-refractivity contribution in [1.82, 2.24) is 4.90 Å². The van der Waals surface area contributed by atoms with Crippen LogP contribution in [0.2, 0.25) is 0 Å². The lowest BCUT2D eigenvalue weighted by Crippen LogP contribution is -2.60. The van der Waals surface area contributed by atoms with Gasteiger partial charge in [-0.25, -0.2) is 0 Å². The zero-order valence-electron chi connectivity index (χ0n) is 14.3. The van der Waals surface area contributed by atoms with E-state index in [0.717, 1.165) is 0 Å². The SMILES string of the molecule is O=C1COc2cc(C(=O)N3CCC4(CC3)OCC[C@H](O)[C@@H]4O)ccc2N1. The van der Waals surface area contributed by atoms with Crippen LogP contribution in [0.5, 0.6) is 5.75 Å². The van der Waals surface area contributed by atoms with Crippen molar-refractivity contribution in [1.29, 1.82) is 0 Å². The second-order valence-corrected chi connectivity index (χ2v) is 7.05. The summed E-state index contributed by atoms with van der Waals surface area (Å²) in [5.41, 5.74) is 0.279. The van der Waals surface area contributed by atoms with Crippen LogP contribution in [0.25, 0.3) is 0 Å². The van der Waals surface area contributed by atoms with E-state index >= 15 is 0 Å². The number of rotatable bonds is 1. The number of aliphatic hydroxyl groups excluding tert-OH is 2. The Hall–Kier alpha value is -2.16. The Balaban J connectivity index is 1.45. The molecule has 0 aromatic heterocycles. The fourth-order valence-electron chi connectivity index (χ4n) is 3.90. The highest BCUT2D eigenvalue weighted by atomic mass is 16.5. The molecule has 8 nitrogen and oxygen atoms in total. The predicted molar refractivity (Wildman–Crippen MR) is 91.0 cm³/mol. The highest BCUT2D eigenvalue weighted by Crippen LogP contribution is 2.36. The van der Waals surface area contributed by atoms with Crippen molar-refractivity contribution in [3.8, 4) is 5.75 Å². The van der Waals surface area contributed by atoms with E-state index in [9.17, 15) is 19.8 Å². The van der Waals surface area contributed by atoms with Gasteiger partial charge in [0.1, 0.15) is 11.9 Å². The molecule has 4 rings (SSSR count). The van der Waals surface area contributed by atoms with E-state index < -0.39 is 17.8 Å². The molecule has 3 aliphatic rings. The van der Waals surface area contributed by atoms with E-state index in [1.807, 2.05) is 0 Å². The Morgan fingerprint density at radius 3 is 2.81 bits per heavy atom. The summed E-state index contributed by atoms with van der Waals surface area (Å²) in [6, 6.07) is 4.96. The zero-order valence-corrected chi connectivity index (χ0v) is 14.3. The first-order valence-electron chi connectivity index (χ1n) is 8.85. The molecule has 2 atom stereocenters. The van der Waals surface area contributed by atoms with Gasteiger partial charge in [0, 0.05) is 18.7 Å². The summed E-state index contributed by atoms with van der Waals surface area (Å²) < 4.78 is 11.2. The molecule has 0 bridgehead atoms. The standard InChI is InChI=1S/C18H22N2O6/c21-13-3-8-26-18(16(13)23)4-6-20(7-5-18)17(24)11-1-2-12-14(9-11)25-10-15(22)19-12/h1-2,9,13,16,21,23H,3-8,10H2,(H,19,22)/t13-,16-/m0/s1. The van der Waals surface area contributed by atoms with Crippen LogP contribution in [0.1, 0.15) is 29.6 Å². The number of benzene rings is 1. The number of aliphatic hydroxyl groups is 2. The minimum atomic E-state index is -0.922. The van der Waals surface area contributed by atoms with E-state index in [0.29, 0.717) is 56.0 Å². The highest BCUT2D eigenvalue weighted by molar-refractivity contribution is 5.99. The first-order chi connectivity index (χ1) is 12.5. The molecule has 2 saturated heterocycles. The number of carbonyl (C=O) groups excluding carboxylic acids is 2. The average Bonchev–Trinajstić information content (AvgIpc) is 2.66. The van der Waals surface area contributed by atoms with Crippen molar-refractivity contribution in [2.45, 2.75) is 37.1 Å². The number of likely N-dealkylation sites (tertiary alicyclic amines) is 1. The number of ether oxygens (including phenoxy) is 2. The number of amides is 2. The van der Waals surface area contributed by atoms with Crippen LogP contribution in [0.4, 0.5) is 5.69 Å². The second kappa shape index (κ2) is 6.53. The molecule has 3 N–H and O–H groups in total. The Labute approximate surface area is 150 Å². The van der Waals surface area contributed by atoms with Crippen LogP contribution < -0.4 is 10.1 Å². The average molecular weight is 362 g/mol. The molecule has 1 aromatic rings. The molecule has 0 unspecified atom stereocenters. The highest BCUT2D eigenvalue weighted by Gasteiger charge is 2.48. The fourth-order valence-corrected chi connectivity index (χ4v) is 3.90. The number of hydrogen-bond donors (Lipinski definition) is 3. The number of fused-ring (bicyclic) bond motifs is 1. The van der Waals surface area contributed by atoms with Gasteiger partial charge in [-0.2, -0.15) is 0 Å². The fraction of sp³-hybridized carbons (Fsp3) is 0.556. The van der Waals surface area contributed by atoms with E-state index in [1.54, 1.807) is 23.1 Å². The van der Waals surface area contributed by atoms with Crippen molar-refractivity contribution in [2.75, 3.05) is 31.6 Å². The summed E-state index contributed by atoms with van der Waals surface area (Å²) in [7, 11) is 0. The molecule has 1 aromatic carbocycles. The normalized spacial score (nSPS) is 27.5. The van der Waals surface area contributed by atoms with Crippen LogP contribution in [-0.4, -0.2) is 71.0 Å². The summed E-state index contributed by atoms with van der Waals surface area (Å²) >= 11 is 0. The van der Waals surface area contributed by atoms with Gasteiger partial charge in [0.2, 0.25) is 0 Å². The maximum Gasteiger partial charge on any atom is 0.262 e. The monoisotopic (exact) mass is 362 g/mol. The van der Waals surface area contributed by atoms with Crippen molar-refractivity contribution >= 4 is 17.5 Å². The number of piperidine rings is 1. The van der Waals surface area contributed by atoms with Gasteiger partial charge in [-0.05, 0) is 37.5 Å². The molecule has 3 aliphatic heterocycles. The van der Waals surface area contributed by atoms with Gasteiger partial charge in [0.25, 0.3) is 11.8 Å². The third-order valence-corrected chi connectivity index (χ3v) is 5.47. The number of carbonyl (C=O) groups is 2. The maximum absolute atomic E-state index is 12.8. The van der Waals surface area contributed by atoms with Gasteiger partial charge in [-0.3, -0.25) is 9.59 Å². The van der Waals surface area contributed by atoms with Crippen LogP contribution in [-0.2, 0) is 9.53 Å². The summed E-state index contributed by atoms with van der Waals surface area (Å²) in [5.74, 6) is 0.137. The zero-order chi connectivity index (χ0) is 18.3. The van der Waals surface area contributed by atoms with Gasteiger partial charge in [0.05, 0.1) is 24.0 Å². The largest absolute Gasteiger partial charge is 0.482 e. The minimum Gasteiger partial charge on any atom is -0.482 e. The molecule has 1 spiro atoms. The Kier molecular flexibility index (Phi) is 4.34. The first kappa shape index (κ1) is 17.3. The second-order valence-electron chi connectivity index (χ2n) is 7.05. The molecule has 26 heavy (non-hydrogen) atoms. The quantitative estimate of drug-likeness (QED) is 0.656. The molecule has 3 heterocycles. The van der Waals surface area contributed by atoms with E-state index in [-0.39, 0.29) is 18.4 Å². The smallest absolute Gasteiger partial charge is 0.262 e. The van der Waals surface area contributed by atoms with E-state index in [4.69, 9.17) is 9.47 Å². The van der Waals surface area contributed by atoms with Crippen LogP contribution >= 0.6 is 0 Å². The molecule has 2 fully saturated rings. The topological polar surface area (TPSA) is 108 Å². The summed E-state index contributed by atoms with van der Waals surface area (Å²) in [5, 5.41) is 22.9. The summed E-state index contributed by atoms with van der Waals surface area (Å²) in [4.78, 5) is 25.8. The number of nitrogens with zero attached hydrogens (tertiary/aromatic N) is 1. The van der Waals surface area contributed by atoms with Gasteiger partial charge >= 0.3 is 0 Å². The molecule has 8 heteroatoms. The molecule has 0 radical (unpaired) electrons. The van der Waals surface area contributed by atoms with Crippen molar-refractivity contribution in [3.05, 3.63) is 23.8 Å². The van der Waals surface area contributed by atoms with Gasteiger partial charge in [0.15, 0.2) is 6.61 Å². The predicted octanol–water partition coefficient (Wildman–Crippen LogP) is 0.134. The lowest BCUT2D eigenvalue weighted by Gasteiger charge is -2.48. The van der Waals surface area contributed by atoms with E-state index in [2.05, 4.69) is 5.32 Å². The summed E-state index contributed by atoms with van der Waals surface area (Å²) in [6.07, 6.45) is -0.312. The molecular weight excluding hydrogens is 340 g/mol. The third kappa shape index (κ3) is 2.94. The van der Waals surface area contributed by atoms with Crippen molar-refractivity contribution < 1.29 is 29.3 Å².